The quantitative estimate of drug-likeness (QED) is 0.673. The van der Waals surface area contributed by atoms with E-state index >= 15 is 0 Å². The van der Waals surface area contributed by atoms with Crippen molar-refractivity contribution in [2.45, 2.75) is 13.8 Å². The van der Waals surface area contributed by atoms with Crippen molar-refractivity contribution in [2.24, 2.45) is 0 Å². The van der Waals surface area contributed by atoms with Gasteiger partial charge in [0.2, 0.25) is 5.88 Å². The number of aromatic amines is 2. The number of H-pyrrole nitrogens is 2. The number of hydrogen-bond donors (Lipinski definition) is 2. The van der Waals surface area contributed by atoms with Crippen LogP contribution in [-0.4, -0.2) is 15.9 Å². The van der Waals surface area contributed by atoms with Crippen LogP contribution in [0.1, 0.15) is 19.4 Å². The molecule has 0 unspecified atom stereocenters. The summed E-state index contributed by atoms with van der Waals surface area (Å²) in [7, 11) is 0. The Morgan fingerprint density at radius 2 is 2.00 bits per heavy atom. The monoisotopic (exact) mass is 210 g/mol. The van der Waals surface area contributed by atoms with Crippen LogP contribution in [-0.2, 0) is 4.79 Å². The Kier molecular flexibility index (Phi) is 3.22. The number of allylic oxidation sites excluding steroid dienone is 1. The second-order valence-electron chi connectivity index (χ2n) is 2.74. The van der Waals surface area contributed by atoms with Crippen LogP contribution in [0.5, 0.6) is 5.88 Å². The van der Waals surface area contributed by atoms with Crippen molar-refractivity contribution in [1.29, 1.82) is 0 Å². The lowest BCUT2D eigenvalue weighted by molar-refractivity contribution is -0.132. The molecule has 0 amide bonds. The molecule has 6 nitrogen and oxygen atoms in total. The highest BCUT2D eigenvalue weighted by Gasteiger charge is 2.09. The lowest BCUT2D eigenvalue weighted by Gasteiger charge is -2.02. The number of esters is 1. The molecular weight excluding hydrogens is 200 g/mol. The van der Waals surface area contributed by atoms with Crippen molar-refractivity contribution in [3.8, 4) is 5.88 Å². The highest BCUT2D eigenvalue weighted by Crippen LogP contribution is 2.09. The van der Waals surface area contributed by atoms with Crippen molar-refractivity contribution >= 4 is 12.0 Å². The van der Waals surface area contributed by atoms with Gasteiger partial charge < -0.3 is 4.74 Å². The van der Waals surface area contributed by atoms with Gasteiger partial charge in [0.15, 0.2) is 0 Å². The lowest BCUT2D eigenvalue weighted by atomic mass is 10.3. The van der Waals surface area contributed by atoms with Gasteiger partial charge in [0.25, 0.3) is 5.56 Å². The van der Waals surface area contributed by atoms with Crippen molar-refractivity contribution in [3.05, 3.63) is 32.5 Å². The zero-order valence-electron chi connectivity index (χ0n) is 8.29. The summed E-state index contributed by atoms with van der Waals surface area (Å²) in [6, 6.07) is 0. The van der Waals surface area contributed by atoms with E-state index in [1.54, 1.807) is 13.0 Å². The highest BCUT2D eigenvalue weighted by atomic mass is 16.5. The Morgan fingerprint density at radius 3 is 2.53 bits per heavy atom. The molecule has 0 bridgehead atoms. The molecule has 6 heteroatoms. The van der Waals surface area contributed by atoms with Crippen LogP contribution in [0, 0.1) is 0 Å². The van der Waals surface area contributed by atoms with Gasteiger partial charge in [-0.15, -0.1) is 0 Å². The van der Waals surface area contributed by atoms with Crippen LogP contribution in [0.3, 0.4) is 0 Å². The fourth-order valence-corrected chi connectivity index (χ4v) is 1.02. The summed E-state index contributed by atoms with van der Waals surface area (Å²) in [5.74, 6) is -0.753. The van der Waals surface area contributed by atoms with Crippen LogP contribution < -0.4 is 16.0 Å². The van der Waals surface area contributed by atoms with Gasteiger partial charge in [0.1, 0.15) is 5.56 Å². The summed E-state index contributed by atoms with van der Waals surface area (Å²) in [4.78, 5) is 37.2. The Balaban J connectivity index is 3.39. The molecule has 1 rings (SSSR count). The zero-order valence-corrected chi connectivity index (χ0v) is 8.29. The Bertz CT molecular complexity index is 510. The maximum Gasteiger partial charge on any atom is 0.328 e. The van der Waals surface area contributed by atoms with Gasteiger partial charge in [-0.2, -0.15) is 0 Å². The molecule has 1 heterocycles. The van der Waals surface area contributed by atoms with Crippen molar-refractivity contribution in [3.63, 3.8) is 0 Å². The van der Waals surface area contributed by atoms with Crippen molar-refractivity contribution < 1.29 is 9.53 Å². The van der Waals surface area contributed by atoms with Gasteiger partial charge in [-0.25, -0.2) is 4.79 Å². The standard InChI is InChI=1S/C9H10N2O4/c1-3-4-6-7(13)10-9(14)11-8(6)15-5(2)12/h3-4H,1-2H3,(H2,10,11,13,14)/b4-3+. The number of aromatic nitrogens is 2. The molecule has 0 radical (unpaired) electrons. The third-order valence-electron chi connectivity index (χ3n) is 1.52. The van der Waals surface area contributed by atoms with Crippen molar-refractivity contribution in [2.75, 3.05) is 0 Å². The Hall–Kier alpha value is -2.11. The molecule has 0 aliphatic rings. The van der Waals surface area contributed by atoms with E-state index in [1.807, 2.05) is 4.98 Å². The summed E-state index contributed by atoms with van der Waals surface area (Å²) in [6.07, 6.45) is 3.03. The molecule has 0 aliphatic heterocycles. The van der Waals surface area contributed by atoms with Crippen LogP contribution >= 0.6 is 0 Å². The topological polar surface area (TPSA) is 92.0 Å². The van der Waals surface area contributed by atoms with Crippen LogP contribution in [0.25, 0.3) is 6.08 Å². The van der Waals surface area contributed by atoms with Gasteiger partial charge in [-0.05, 0) is 13.0 Å². The molecule has 2 N–H and O–H groups in total. The molecule has 1 aromatic rings. The first-order valence-electron chi connectivity index (χ1n) is 4.22. The number of ether oxygens (including phenoxy) is 1. The lowest BCUT2D eigenvalue weighted by Crippen LogP contribution is -2.25. The second-order valence-corrected chi connectivity index (χ2v) is 2.74. The molecule has 0 saturated heterocycles. The number of nitrogens with one attached hydrogen (secondary N) is 2. The van der Waals surface area contributed by atoms with E-state index < -0.39 is 17.2 Å². The first-order valence-corrected chi connectivity index (χ1v) is 4.22. The van der Waals surface area contributed by atoms with Gasteiger partial charge in [-0.1, -0.05) is 6.08 Å². The first kappa shape index (κ1) is 11.0. The summed E-state index contributed by atoms with van der Waals surface area (Å²) in [5.41, 5.74) is -1.22. The zero-order chi connectivity index (χ0) is 11.4. The van der Waals surface area contributed by atoms with Gasteiger partial charge >= 0.3 is 11.7 Å². The number of carbonyl (C=O) groups is 1. The van der Waals surface area contributed by atoms with E-state index in [4.69, 9.17) is 4.74 Å². The predicted molar refractivity (Wildman–Crippen MR) is 53.7 cm³/mol. The Labute approximate surface area is 84.6 Å². The third-order valence-corrected chi connectivity index (χ3v) is 1.52. The van der Waals surface area contributed by atoms with E-state index in [2.05, 4.69) is 4.98 Å². The van der Waals surface area contributed by atoms with E-state index in [-0.39, 0.29) is 11.4 Å². The maximum absolute atomic E-state index is 11.3. The largest absolute Gasteiger partial charge is 0.409 e. The fourth-order valence-electron chi connectivity index (χ4n) is 1.02. The summed E-state index contributed by atoms with van der Waals surface area (Å²) < 4.78 is 4.69. The van der Waals surface area contributed by atoms with E-state index in [0.29, 0.717) is 0 Å². The van der Waals surface area contributed by atoms with Crippen LogP contribution in [0.2, 0.25) is 0 Å². The molecule has 0 atom stereocenters. The van der Waals surface area contributed by atoms with E-state index in [9.17, 15) is 14.4 Å². The fraction of sp³-hybridized carbons (Fsp3) is 0.222. The molecule has 0 aliphatic carbocycles. The normalized spacial score (nSPS) is 10.5. The van der Waals surface area contributed by atoms with Crippen LogP contribution in [0.15, 0.2) is 15.7 Å². The first-order chi connectivity index (χ1) is 7.04. The van der Waals surface area contributed by atoms with Crippen molar-refractivity contribution in [1.82, 2.24) is 9.97 Å². The van der Waals surface area contributed by atoms with E-state index in [1.165, 1.54) is 13.0 Å². The molecule has 1 aromatic heterocycles. The molecule has 80 valence electrons. The molecule has 15 heavy (non-hydrogen) atoms. The number of hydrogen-bond acceptors (Lipinski definition) is 4. The molecule has 0 fully saturated rings. The van der Waals surface area contributed by atoms with E-state index in [0.717, 1.165) is 0 Å². The Morgan fingerprint density at radius 1 is 1.33 bits per heavy atom. The van der Waals surface area contributed by atoms with Gasteiger partial charge in [-0.3, -0.25) is 19.6 Å². The average Bonchev–Trinajstić information content (AvgIpc) is 2.10. The predicted octanol–water partition coefficient (Wildman–Crippen LogP) is 0.0216. The summed E-state index contributed by atoms with van der Waals surface area (Å²) >= 11 is 0. The van der Waals surface area contributed by atoms with Crippen LogP contribution in [0.4, 0.5) is 0 Å². The number of carbonyl (C=O) groups excluding carboxylic acids is 1. The minimum atomic E-state index is -0.718. The second kappa shape index (κ2) is 4.41. The summed E-state index contributed by atoms with van der Waals surface area (Å²) in [6.45, 7) is 2.88. The minimum Gasteiger partial charge on any atom is -0.409 e. The maximum atomic E-state index is 11.3. The minimum absolute atomic E-state index is 0.104. The molecular formula is C9H10N2O4. The SMILES string of the molecule is C/C=C/c1c(OC(C)=O)[nH]c(=O)[nH]c1=O. The highest BCUT2D eigenvalue weighted by molar-refractivity contribution is 5.70. The van der Waals surface area contributed by atoms with Gasteiger partial charge in [0, 0.05) is 6.92 Å². The average molecular weight is 210 g/mol. The third kappa shape index (κ3) is 2.67. The summed E-state index contributed by atoms with van der Waals surface area (Å²) in [5, 5.41) is 0. The smallest absolute Gasteiger partial charge is 0.328 e. The molecule has 0 saturated carbocycles. The molecule has 0 spiro atoms. The molecule has 0 aromatic carbocycles. The number of rotatable bonds is 2. The van der Waals surface area contributed by atoms with Gasteiger partial charge in [0.05, 0.1) is 0 Å².